The number of nitrogens with two attached hydrogens (primary N) is 1. The lowest BCUT2D eigenvalue weighted by Crippen LogP contribution is -2.46. The lowest BCUT2D eigenvalue weighted by atomic mass is 10.2. The predicted octanol–water partition coefficient (Wildman–Crippen LogP) is 0.487. The summed E-state index contributed by atoms with van der Waals surface area (Å²) in [5.74, 6) is -0.673. The molecule has 0 amide bonds. The van der Waals surface area contributed by atoms with Gasteiger partial charge in [0.05, 0.1) is 18.5 Å². The van der Waals surface area contributed by atoms with Crippen molar-refractivity contribution in [3.05, 3.63) is 79.4 Å². The van der Waals surface area contributed by atoms with E-state index in [-0.39, 0.29) is 5.82 Å². The van der Waals surface area contributed by atoms with Crippen molar-refractivity contribution < 1.29 is 28.6 Å². The van der Waals surface area contributed by atoms with Crippen LogP contribution in [0, 0.1) is 5.82 Å². The van der Waals surface area contributed by atoms with E-state index in [2.05, 4.69) is 27.9 Å². The number of rotatable bonds is 10. The first-order valence-corrected chi connectivity index (χ1v) is 12.0. The van der Waals surface area contributed by atoms with Gasteiger partial charge in [0, 0.05) is 50.7 Å². The van der Waals surface area contributed by atoms with Crippen molar-refractivity contribution in [1.29, 1.82) is 0 Å². The highest BCUT2D eigenvalue weighted by Gasteiger charge is 2.21. The molecule has 0 radical (unpaired) electrons. The Morgan fingerprint density at radius 2 is 1.67 bits per heavy atom. The molecule has 0 unspecified atom stereocenters. The van der Waals surface area contributed by atoms with Gasteiger partial charge in [-0.3, -0.25) is 4.90 Å². The van der Waals surface area contributed by atoms with Crippen LogP contribution < -0.4 is 25.7 Å². The highest BCUT2D eigenvalue weighted by Crippen LogP contribution is 2.24. The third kappa shape index (κ3) is 8.68. The molecule has 0 aliphatic carbocycles. The standard InChI is InChI=1S/C23H27FN6O.C4H4O4/c1-3-7-30(8-4-2)23-26-21(25)15-22(27-23)29-11-9-28(10-12-29)16-19-14-17-13-18(24)5-6-20(17)31-19;5-3(6)1-2-4(7)8/h3-6,13-15H,1-2,7-12,16H2,(H2,25,26,27);1-2H,(H,5,6)(H,7,8)/p-2. The minimum atomic E-state index is -1.55. The number of hydrogen-bond acceptors (Lipinski definition) is 11. The molecule has 0 saturated carbocycles. The second-order valence-corrected chi connectivity index (χ2v) is 8.56. The van der Waals surface area contributed by atoms with Gasteiger partial charge in [-0.1, -0.05) is 12.2 Å². The second-order valence-electron chi connectivity index (χ2n) is 8.56. The van der Waals surface area contributed by atoms with Crippen molar-refractivity contribution in [2.24, 2.45) is 0 Å². The van der Waals surface area contributed by atoms with Crippen LogP contribution in [-0.2, 0) is 16.1 Å². The Morgan fingerprint density at radius 3 is 2.26 bits per heavy atom. The smallest absolute Gasteiger partial charge is 0.229 e. The van der Waals surface area contributed by atoms with E-state index in [1.807, 2.05) is 17.0 Å². The molecule has 11 nitrogen and oxygen atoms in total. The summed E-state index contributed by atoms with van der Waals surface area (Å²) in [6.07, 6.45) is 4.38. The first-order chi connectivity index (χ1) is 18.7. The number of aliphatic carboxylic acids is 2. The van der Waals surface area contributed by atoms with E-state index in [0.717, 1.165) is 43.1 Å². The molecule has 3 heterocycles. The predicted molar refractivity (Wildman–Crippen MR) is 142 cm³/mol. The van der Waals surface area contributed by atoms with Gasteiger partial charge in [0.2, 0.25) is 5.95 Å². The van der Waals surface area contributed by atoms with Crippen molar-refractivity contribution in [3.63, 3.8) is 0 Å². The number of nitrogens with zero attached hydrogens (tertiary/aromatic N) is 5. The fourth-order valence-corrected chi connectivity index (χ4v) is 3.93. The van der Waals surface area contributed by atoms with E-state index in [0.29, 0.717) is 49.1 Å². The number of carboxylic acid groups (broad SMARTS) is 2. The number of piperazine rings is 1. The summed E-state index contributed by atoms with van der Waals surface area (Å²) in [5.41, 5.74) is 6.78. The number of halogens is 1. The zero-order chi connectivity index (χ0) is 28.4. The molecule has 1 fully saturated rings. The molecular weight excluding hydrogens is 507 g/mol. The van der Waals surface area contributed by atoms with Crippen molar-refractivity contribution in [1.82, 2.24) is 14.9 Å². The van der Waals surface area contributed by atoms with Crippen LogP contribution in [0.15, 0.2) is 72.2 Å². The summed E-state index contributed by atoms with van der Waals surface area (Å²) in [4.78, 5) is 34.5. The number of aromatic nitrogens is 2. The van der Waals surface area contributed by atoms with Crippen molar-refractivity contribution in [3.8, 4) is 0 Å². The lowest BCUT2D eigenvalue weighted by molar-refractivity contribution is -0.301. The Hall–Kier alpha value is -4.71. The first-order valence-electron chi connectivity index (χ1n) is 12.0. The van der Waals surface area contributed by atoms with E-state index in [1.54, 1.807) is 18.2 Å². The number of benzene rings is 1. The van der Waals surface area contributed by atoms with Crippen LogP contribution in [-0.4, -0.2) is 66.1 Å². The summed E-state index contributed by atoms with van der Waals surface area (Å²) >= 11 is 0. The molecular formula is C27H29FN6O5-2. The average molecular weight is 537 g/mol. The second kappa shape index (κ2) is 13.7. The maximum atomic E-state index is 13.4. The molecule has 0 atom stereocenters. The van der Waals surface area contributed by atoms with Crippen LogP contribution in [0.4, 0.5) is 22.0 Å². The van der Waals surface area contributed by atoms with Gasteiger partial charge in [0.25, 0.3) is 0 Å². The number of furan rings is 1. The number of carbonyl (C=O) groups is 2. The Bertz CT molecular complexity index is 1320. The van der Waals surface area contributed by atoms with E-state index in [1.165, 1.54) is 12.1 Å². The van der Waals surface area contributed by atoms with E-state index >= 15 is 0 Å². The molecule has 39 heavy (non-hydrogen) atoms. The third-order valence-electron chi connectivity index (χ3n) is 5.66. The zero-order valence-electron chi connectivity index (χ0n) is 21.3. The van der Waals surface area contributed by atoms with Crippen LogP contribution in [0.1, 0.15) is 5.76 Å². The number of anilines is 3. The van der Waals surface area contributed by atoms with Gasteiger partial charge in [-0.25, -0.2) is 4.39 Å². The van der Waals surface area contributed by atoms with Crippen LogP contribution >= 0.6 is 0 Å². The molecule has 0 bridgehead atoms. The lowest BCUT2D eigenvalue weighted by Gasteiger charge is -2.35. The number of hydrogen-bond donors (Lipinski definition) is 1. The van der Waals surface area contributed by atoms with Gasteiger partial charge in [0.1, 0.15) is 28.8 Å². The maximum absolute atomic E-state index is 13.4. The molecule has 1 saturated heterocycles. The summed E-state index contributed by atoms with van der Waals surface area (Å²) < 4.78 is 19.3. The van der Waals surface area contributed by atoms with Gasteiger partial charge in [0.15, 0.2) is 0 Å². The SMILES string of the molecule is C=CCN(CC=C)c1nc(N)cc(N2CCN(Cc3cc4cc(F)ccc4o3)CC2)n1.O=C([O-])C=CC(=O)[O-]. The topological polar surface area (TPSA) is 155 Å². The number of nitrogen functional groups attached to an aromatic ring is 1. The fourth-order valence-electron chi connectivity index (χ4n) is 3.93. The van der Waals surface area contributed by atoms with Crippen molar-refractivity contribution in [2.75, 3.05) is 54.8 Å². The molecule has 1 aliphatic rings. The summed E-state index contributed by atoms with van der Waals surface area (Å²) in [7, 11) is 0. The van der Waals surface area contributed by atoms with Gasteiger partial charge in [-0.05, 0) is 36.4 Å². The molecule has 206 valence electrons. The van der Waals surface area contributed by atoms with Crippen molar-refractivity contribution >= 4 is 40.5 Å². The summed E-state index contributed by atoms with van der Waals surface area (Å²) in [6, 6.07) is 8.31. The van der Waals surface area contributed by atoms with E-state index < -0.39 is 11.9 Å². The largest absolute Gasteiger partial charge is 0.545 e. The minimum absolute atomic E-state index is 0.253. The van der Waals surface area contributed by atoms with Crippen molar-refractivity contribution in [2.45, 2.75) is 6.54 Å². The quantitative estimate of drug-likeness (QED) is 0.284. The molecule has 2 N–H and O–H groups in total. The number of fused-ring (bicyclic) bond motifs is 1. The number of carbonyl (C=O) groups excluding carboxylic acids is 2. The molecule has 0 spiro atoms. The third-order valence-corrected chi connectivity index (χ3v) is 5.66. The van der Waals surface area contributed by atoms with Crippen LogP contribution in [0.25, 0.3) is 11.0 Å². The summed E-state index contributed by atoms with van der Waals surface area (Å²) in [6.45, 7) is 12.9. The molecule has 1 aromatic carbocycles. The van der Waals surface area contributed by atoms with Crippen LogP contribution in [0.5, 0.6) is 0 Å². The van der Waals surface area contributed by atoms with Crippen LogP contribution in [0.2, 0.25) is 0 Å². The van der Waals surface area contributed by atoms with Crippen LogP contribution in [0.3, 0.4) is 0 Å². The Kier molecular flexibility index (Phi) is 10.2. The first kappa shape index (κ1) is 28.9. The Morgan fingerprint density at radius 1 is 1.03 bits per heavy atom. The highest BCUT2D eigenvalue weighted by atomic mass is 19.1. The molecule has 2 aromatic heterocycles. The molecule has 4 rings (SSSR count). The molecule has 12 heteroatoms. The monoisotopic (exact) mass is 536 g/mol. The average Bonchev–Trinajstić information content (AvgIpc) is 3.29. The molecule has 1 aliphatic heterocycles. The zero-order valence-corrected chi connectivity index (χ0v) is 21.3. The Labute approximate surface area is 225 Å². The van der Waals surface area contributed by atoms with E-state index in [9.17, 15) is 24.2 Å². The molecule has 3 aromatic rings. The van der Waals surface area contributed by atoms with Gasteiger partial charge < -0.3 is 39.8 Å². The Balaban J connectivity index is 0.000000459. The normalized spacial score (nSPS) is 13.6. The maximum Gasteiger partial charge on any atom is 0.229 e. The van der Waals surface area contributed by atoms with Gasteiger partial charge in [-0.2, -0.15) is 9.97 Å². The number of carboxylic acids is 2. The fraction of sp³-hybridized carbons (Fsp3) is 0.259. The summed E-state index contributed by atoms with van der Waals surface area (Å²) in [5, 5.41) is 19.6. The van der Waals surface area contributed by atoms with Gasteiger partial charge >= 0.3 is 0 Å². The highest BCUT2D eigenvalue weighted by molar-refractivity contribution is 5.87. The van der Waals surface area contributed by atoms with E-state index in [4.69, 9.17) is 15.1 Å². The minimum Gasteiger partial charge on any atom is -0.545 e. The van der Waals surface area contributed by atoms with Gasteiger partial charge in [-0.15, -0.1) is 13.2 Å².